The molecule has 0 saturated heterocycles. The Labute approximate surface area is 158 Å². The number of fused-ring (bicyclic) bond motifs is 1. The first-order valence-electron chi connectivity index (χ1n) is 8.64. The molecule has 0 radical (unpaired) electrons. The highest BCUT2D eigenvalue weighted by molar-refractivity contribution is 5.82. The number of halogens is 1. The molecular weight excluding hydrogens is 345 g/mol. The summed E-state index contributed by atoms with van der Waals surface area (Å²) in [5.41, 5.74) is 5.78. The van der Waals surface area contributed by atoms with Crippen LogP contribution >= 0.6 is 0 Å². The van der Waals surface area contributed by atoms with Gasteiger partial charge in [0, 0.05) is 30.1 Å². The van der Waals surface area contributed by atoms with Gasteiger partial charge in [0.05, 0.1) is 0 Å². The maximum absolute atomic E-state index is 12.8. The average molecular weight is 367 g/mol. The van der Waals surface area contributed by atoms with Crippen LogP contribution in [0.2, 0.25) is 0 Å². The topological polar surface area (TPSA) is 53.9 Å². The smallest absolute Gasteiger partial charge is 0.277 e. The number of para-hydroxylation sites is 1. The van der Waals surface area contributed by atoms with E-state index in [0.717, 1.165) is 5.70 Å². The molecular formula is C21H22FN3O2. The largest absolute Gasteiger partial charge is 0.484 e. The molecule has 2 aromatic rings. The van der Waals surface area contributed by atoms with E-state index in [-0.39, 0.29) is 17.8 Å². The number of carbonyl (C=O) groups is 1. The van der Waals surface area contributed by atoms with Gasteiger partial charge in [-0.25, -0.2) is 9.82 Å². The number of anilines is 1. The quantitative estimate of drug-likeness (QED) is 0.649. The van der Waals surface area contributed by atoms with E-state index in [1.54, 1.807) is 6.21 Å². The van der Waals surface area contributed by atoms with Crippen LogP contribution in [0.1, 0.15) is 19.4 Å². The third kappa shape index (κ3) is 4.00. The number of ether oxygens (including phenoxy) is 1. The molecule has 3 rings (SSSR count). The zero-order chi connectivity index (χ0) is 19.4. The lowest BCUT2D eigenvalue weighted by Gasteiger charge is -2.23. The standard InChI is InChI=1S/C21H22FN3O2/c1-21(2)17-6-4-5-7-18(17)25(3)19(21)12-13-23-24-20(26)14-27-16-10-8-15(22)9-11-16/h4-13H,14H2,1-3H3,(H,24,26)/b19-12+,23-13+. The molecule has 1 aliphatic rings. The number of nitrogens with zero attached hydrogens (tertiary/aromatic N) is 2. The number of rotatable bonds is 5. The molecule has 2 aromatic carbocycles. The van der Waals surface area contributed by atoms with Crippen molar-refractivity contribution in [2.24, 2.45) is 5.10 Å². The molecule has 0 aromatic heterocycles. The molecule has 1 aliphatic heterocycles. The van der Waals surface area contributed by atoms with Crippen LogP contribution in [0.5, 0.6) is 5.75 Å². The lowest BCUT2D eigenvalue weighted by molar-refractivity contribution is -0.123. The average Bonchev–Trinajstić information content (AvgIpc) is 2.85. The Balaban J connectivity index is 1.57. The molecule has 0 unspecified atom stereocenters. The Hall–Kier alpha value is -3.15. The molecule has 0 saturated carbocycles. The molecule has 1 N–H and O–H groups in total. The molecule has 0 fully saturated rings. The minimum atomic E-state index is -0.392. The third-order valence-corrected chi connectivity index (χ3v) is 4.62. The molecule has 0 aliphatic carbocycles. The molecule has 1 amide bonds. The lowest BCUT2D eigenvalue weighted by Crippen LogP contribution is -2.25. The van der Waals surface area contributed by atoms with Crippen molar-refractivity contribution in [3.63, 3.8) is 0 Å². The van der Waals surface area contributed by atoms with E-state index < -0.39 is 5.91 Å². The first-order valence-corrected chi connectivity index (χ1v) is 8.64. The molecule has 0 bridgehead atoms. The van der Waals surface area contributed by atoms with E-state index in [1.165, 1.54) is 35.5 Å². The first-order chi connectivity index (χ1) is 12.9. The monoisotopic (exact) mass is 367 g/mol. The van der Waals surface area contributed by atoms with Crippen LogP contribution in [0.4, 0.5) is 10.1 Å². The summed E-state index contributed by atoms with van der Waals surface area (Å²) in [4.78, 5) is 13.9. The van der Waals surface area contributed by atoms with Crippen LogP contribution in [0.25, 0.3) is 0 Å². The van der Waals surface area contributed by atoms with Crippen molar-refractivity contribution in [2.45, 2.75) is 19.3 Å². The zero-order valence-electron chi connectivity index (χ0n) is 15.6. The highest BCUT2D eigenvalue weighted by Crippen LogP contribution is 2.46. The highest BCUT2D eigenvalue weighted by atomic mass is 19.1. The minimum absolute atomic E-state index is 0.146. The van der Waals surface area contributed by atoms with E-state index in [4.69, 9.17) is 4.74 Å². The number of benzene rings is 2. The Morgan fingerprint density at radius 3 is 2.63 bits per heavy atom. The van der Waals surface area contributed by atoms with Crippen molar-refractivity contribution in [1.82, 2.24) is 5.43 Å². The van der Waals surface area contributed by atoms with Crippen LogP contribution in [-0.2, 0) is 10.2 Å². The number of hydrogen-bond acceptors (Lipinski definition) is 4. The van der Waals surface area contributed by atoms with Gasteiger partial charge in [-0.2, -0.15) is 5.10 Å². The fraction of sp³-hybridized carbons (Fsp3) is 0.238. The third-order valence-electron chi connectivity index (χ3n) is 4.62. The van der Waals surface area contributed by atoms with Crippen molar-refractivity contribution in [2.75, 3.05) is 18.6 Å². The van der Waals surface area contributed by atoms with Gasteiger partial charge in [0.2, 0.25) is 0 Å². The van der Waals surface area contributed by atoms with Gasteiger partial charge < -0.3 is 9.64 Å². The van der Waals surface area contributed by atoms with Gasteiger partial charge in [-0.1, -0.05) is 32.0 Å². The van der Waals surface area contributed by atoms with Crippen molar-refractivity contribution in [3.8, 4) is 5.75 Å². The maximum Gasteiger partial charge on any atom is 0.277 e. The summed E-state index contributed by atoms with van der Waals surface area (Å²) in [6.07, 6.45) is 3.45. The number of allylic oxidation sites excluding steroid dienone is 2. The number of carbonyl (C=O) groups excluding carboxylic acids is 1. The summed E-state index contributed by atoms with van der Waals surface area (Å²) in [5.74, 6) is -0.326. The first kappa shape index (κ1) is 18.6. The van der Waals surface area contributed by atoms with Crippen LogP contribution < -0.4 is 15.1 Å². The molecule has 1 heterocycles. The van der Waals surface area contributed by atoms with Gasteiger partial charge in [0.1, 0.15) is 11.6 Å². The van der Waals surface area contributed by atoms with Crippen LogP contribution in [0.15, 0.2) is 65.4 Å². The number of hydrazone groups is 1. The Morgan fingerprint density at radius 2 is 1.93 bits per heavy atom. The number of nitrogens with one attached hydrogen (secondary N) is 1. The summed E-state index contributed by atoms with van der Waals surface area (Å²) < 4.78 is 18.1. The van der Waals surface area contributed by atoms with E-state index in [2.05, 4.69) is 41.4 Å². The molecule has 0 spiro atoms. The highest BCUT2D eigenvalue weighted by Gasteiger charge is 2.37. The van der Waals surface area contributed by atoms with E-state index in [0.29, 0.717) is 5.75 Å². The second-order valence-corrected chi connectivity index (χ2v) is 6.81. The van der Waals surface area contributed by atoms with E-state index in [9.17, 15) is 9.18 Å². The van der Waals surface area contributed by atoms with Crippen LogP contribution in [0.3, 0.4) is 0 Å². The van der Waals surface area contributed by atoms with Crippen LogP contribution in [0, 0.1) is 5.82 Å². The summed E-state index contributed by atoms with van der Waals surface area (Å²) >= 11 is 0. The second-order valence-electron chi connectivity index (χ2n) is 6.81. The van der Waals surface area contributed by atoms with Crippen molar-refractivity contribution in [3.05, 3.63) is 71.7 Å². The summed E-state index contributed by atoms with van der Waals surface area (Å²) in [6.45, 7) is 4.12. The fourth-order valence-electron chi connectivity index (χ4n) is 3.23. The zero-order valence-corrected chi connectivity index (χ0v) is 15.6. The van der Waals surface area contributed by atoms with Gasteiger partial charge in [-0.05, 0) is 42.0 Å². The summed E-state index contributed by atoms with van der Waals surface area (Å²) in [7, 11) is 2.02. The van der Waals surface area contributed by atoms with Gasteiger partial charge >= 0.3 is 0 Å². The predicted molar refractivity (Wildman–Crippen MR) is 104 cm³/mol. The molecule has 27 heavy (non-hydrogen) atoms. The molecule has 5 nitrogen and oxygen atoms in total. The van der Waals surface area contributed by atoms with Gasteiger partial charge in [-0.3, -0.25) is 4.79 Å². The van der Waals surface area contributed by atoms with Crippen molar-refractivity contribution < 1.29 is 13.9 Å². The van der Waals surface area contributed by atoms with Crippen molar-refractivity contribution in [1.29, 1.82) is 0 Å². The number of hydrogen-bond donors (Lipinski definition) is 1. The Kier molecular flexibility index (Phi) is 5.26. The Bertz CT molecular complexity index is 889. The van der Waals surface area contributed by atoms with Gasteiger partial charge in [0.25, 0.3) is 5.91 Å². The normalized spacial score (nSPS) is 16.6. The van der Waals surface area contributed by atoms with Crippen molar-refractivity contribution >= 4 is 17.8 Å². The van der Waals surface area contributed by atoms with E-state index >= 15 is 0 Å². The SMILES string of the molecule is CN1/C(=C/C=N/NC(=O)COc2ccc(F)cc2)C(C)(C)c2ccccc21. The van der Waals surface area contributed by atoms with Gasteiger partial charge in [0.15, 0.2) is 6.61 Å². The Morgan fingerprint density at radius 1 is 1.22 bits per heavy atom. The molecule has 6 heteroatoms. The lowest BCUT2D eigenvalue weighted by atomic mass is 9.84. The predicted octanol–water partition coefficient (Wildman–Crippen LogP) is 3.62. The fourth-order valence-corrected chi connectivity index (χ4v) is 3.23. The molecule has 140 valence electrons. The molecule has 0 atom stereocenters. The van der Waals surface area contributed by atoms with E-state index in [1.807, 2.05) is 25.3 Å². The minimum Gasteiger partial charge on any atom is -0.484 e. The van der Waals surface area contributed by atoms with Crippen LogP contribution in [-0.4, -0.2) is 25.8 Å². The second kappa shape index (κ2) is 7.61. The number of likely N-dealkylation sites (N-methyl/N-ethyl adjacent to an activating group) is 1. The van der Waals surface area contributed by atoms with Gasteiger partial charge in [-0.15, -0.1) is 0 Å². The maximum atomic E-state index is 12.8. The summed E-state index contributed by atoms with van der Waals surface area (Å²) in [5, 5.41) is 3.96. The summed E-state index contributed by atoms with van der Waals surface area (Å²) in [6, 6.07) is 13.7. The number of amides is 1.